The molecule has 2 aromatic carbocycles. The molecular formula is C19H23NO5S. The fourth-order valence-corrected chi connectivity index (χ4v) is 5.65. The zero-order valence-corrected chi connectivity index (χ0v) is 15.8. The minimum Gasteiger partial charge on any atom is -0.504 e. The molecule has 2 N–H and O–H groups in total. The highest BCUT2D eigenvalue weighted by Crippen LogP contribution is 2.41. The fourth-order valence-electron chi connectivity index (χ4n) is 3.58. The van der Waals surface area contributed by atoms with Crippen molar-refractivity contribution in [3.8, 4) is 11.5 Å². The number of aromatic hydroxyl groups is 1. The molecule has 140 valence electrons. The van der Waals surface area contributed by atoms with Gasteiger partial charge in [0.25, 0.3) is 0 Å². The second kappa shape index (κ2) is 6.90. The summed E-state index contributed by atoms with van der Waals surface area (Å²) in [6.07, 6.45) is -0.835. The number of methoxy groups -OCH3 is 1. The third-order valence-electron chi connectivity index (χ3n) is 4.72. The van der Waals surface area contributed by atoms with Gasteiger partial charge in [-0.3, -0.25) is 0 Å². The number of nitrogens with zero attached hydrogens (tertiary/aromatic N) is 1. The highest BCUT2D eigenvalue weighted by atomic mass is 32.2. The zero-order chi connectivity index (χ0) is 19.1. The van der Waals surface area contributed by atoms with Crippen LogP contribution in [0.2, 0.25) is 0 Å². The molecule has 0 amide bonds. The van der Waals surface area contributed by atoms with E-state index in [4.69, 9.17) is 4.74 Å². The van der Waals surface area contributed by atoms with E-state index in [1.165, 1.54) is 17.5 Å². The van der Waals surface area contributed by atoms with Gasteiger partial charge in [0.1, 0.15) is 0 Å². The minimum atomic E-state index is -3.75. The average molecular weight is 377 g/mol. The van der Waals surface area contributed by atoms with Crippen LogP contribution in [-0.4, -0.2) is 42.1 Å². The van der Waals surface area contributed by atoms with Crippen molar-refractivity contribution in [1.29, 1.82) is 0 Å². The summed E-state index contributed by atoms with van der Waals surface area (Å²) < 4.78 is 32.7. The molecule has 0 unspecified atom stereocenters. The Morgan fingerprint density at radius 3 is 2.50 bits per heavy atom. The van der Waals surface area contributed by atoms with Gasteiger partial charge in [-0.2, -0.15) is 4.31 Å². The standard InChI is InChI=1S/C19H23NO5S/c1-12(2)20-15(11-13-7-6-9-16(25-3)18(13)21)19(22)14-8-4-5-10-17(14)26(20,23)24/h4-10,12,15,19,21-22H,11H2,1-3H3/t15-,19+/m0/s1. The molecule has 0 bridgehead atoms. The van der Waals surface area contributed by atoms with Gasteiger partial charge >= 0.3 is 0 Å². The molecule has 7 heteroatoms. The third-order valence-corrected chi connectivity index (χ3v) is 6.90. The topological polar surface area (TPSA) is 87.1 Å². The lowest BCUT2D eigenvalue weighted by Crippen LogP contribution is -2.52. The second-order valence-electron chi connectivity index (χ2n) is 6.65. The molecule has 0 saturated carbocycles. The summed E-state index contributed by atoms with van der Waals surface area (Å²) in [5.74, 6) is 0.273. The van der Waals surface area contributed by atoms with Gasteiger partial charge in [-0.25, -0.2) is 8.42 Å². The predicted octanol–water partition coefficient (Wildman–Crippen LogP) is 2.46. The molecule has 6 nitrogen and oxygen atoms in total. The van der Waals surface area contributed by atoms with Crippen molar-refractivity contribution in [3.05, 3.63) is 53.6 Å². The fraction of sp³-hybridized carbons (Fsp3) is 0.368. The van der Waals surface area contributed by atoms with E-state index in [0.29, 0.717) is 16.9 Å². The second-order valence-corrected chi connectivity index (χ2v) is 8.46. The van der Waals surface area contributed by atoms with Crippen LogP contribution in [0, 0.1) is 0 Å². The number of aliphatic hydroxyl groups is 1. The molecule has 0 radical (unpaired) electrons. The van der Waals surface area contributed by atoms with E-state index in [1.807, 2.05) is 0 Å². The van der Waals surface area contributed by atoms with Crippen LogP contribution in [0.1, 0.15) is 31.1 Å². The van der Waals surface area contributed by atoms with Gasteiger partial charge in [-0.15, -0.1) is 0 Å². The Morgan fingerprint density at radius 1 is 1.15 bits per heavy atom. The number of phenols is 1. The van der Waals surface area contributed by atoms with Crippen molar-refractivity contribution < 1.29 is 23.4 Å². The summed E-state index contributed by atoms with van der Waals surface area (Å²) >= 11 is 0. The number of ether oxygens (including phenoxy) is 1. The number of rotatable bonds is 4. The van der Waals surface area contributed by atoms with E-state index < -0.39 is 22.2 Å². The Labute approximate surface area is 153 Å². The largest absolute Gasteiger partial charge is 0.504 e. The summed E-state index contributed by atoms with van der Waals surface area (Å²) in [7, 11) is -2.30. The predicted molar refractivity (Wildman–Crippen MR) is 97.7 cm³/mol. The monoisotopic (exact) mass is 377 g/mol. The smallest absolute Gasteiger partial charge is 0.244 e. The van der Waals surface area contributed by atoms with E-state index >= 15 is 0 Å². The Morgan fingerprint density at radius 2 is 1.85 bits per heavy atom. The van der Waals surface area contributed by atoms with Crippen molar-refractivity contribution >= 4 is 10.0 Å². The van der Waals surface area contributed by atoms with Crippen LogP contribution in [0.5, 0.6) is 11.5 Å². The maximum absolute atomic E-state index is 13.1. The Balaban J connectivity index is 2.11. The Hall–Kier alpha value is -2.09. The lowest BCUT2D eigenvalue weighted by atomic mass is 9.94. The summed E-state index contributed by atoms with van der Waals surface area (Å²) in [5.41, 5.74) is 0.908. The van der Waals surface area contributed by atoms with E-state index in [2.05, 4.69) is 0 Å². The van der Waals surface area contributed by atoms with Gasteiger partial charge in [0.15, 0.2) is 11.5 Å². The summed E-state index contributed by atoms with van der Waals surface area (Å²) in [5, 5.41) is 21.3. The number of sulfonamides is 1. The molecular weight excluding hydrogens is 354 g/mol. The number of fused-ring (bicyclic) bond motifs is 1. The molecule has 3 rings (SSSR count). The summed E-state index contributed by atoms with van der Waals surface area (Å²) in [4.78, 5) is 0.132. The first-order valence-electron chi connectivity index (χ1n) is 8.44. The zero-order valence-electron chi connectivity index (χ0n) is 15.0. The van der Waals surface area contributed by atoms with Crippen molar-refractivity contribution in [1.82, 2.24) is 4.31 Å². The number of benzene rings is 2. The van der Waals surface area contributed by atoms with Crippen LogP contribution in [0.3, 0.4) is 0 Å². The van der Waals surface area contributed by atoms with Gasteiger partial charge in [0.2, 0.25) is 10.0 Å². The molecule has 26 heavy (non-hydrogen) atoms. The Kier molecular flexibility index (Phi) is 4.96. The van der Waals surface area contributed by atoms with Gasteiger partial charge in [0, 0.05) is 11.6 Å². The number of aliphatic hydroxyl groups excluding tert-OH is 1. The SMILES string of the molecule is COc1cccc(C[C@H]2[C@H](O)c3ccccc3S(=O)(=O)N2C(C)C)c1O. The first kappa shape index (κ1) is 18.7. The van der Waals surface area contributed by atoms with Crippen LogP contribution in [0.15, 0.2) is 47.4 Å². The van der Waals surface area contributed by atoms with Gasteiger partial charge in [-0.1, -0.05) is 30.3 Å². The molecule has 2 aromatic rings. The normalized spacial score (nSPS) is 22.2. The summed E-state index contributed by atoms with van der Waals surface area (Å²) in [6, 6.07) is 10.5. The molecule has 0 fully saturated rings. The van der Waals surface area contributed by atoms with E-state index in [1.54, 1.807) is 50.2 Å². The quantitative estimate of drug-likeness (QED) is 0.855. The van der Waals surface area contributed by atoms with E-state index in [-0.39, 0.29) is 23.1 Å². The molecule has 1 aliphatic heterocycles. The molecule has 0 aromatic heterocycles. The molecule has 0 saturated heterocycles. The van der Waals surface area contributed by atoms with Crippen molar-refractivity contribution in [2.45, 2.75) is 43.4 Å². The first-order chi connectivity index (χ1) is 12.3. The number of para-hydroxylation sites is 1. The van der Waals surface area contributed by atoms with Crippen molar-refractivity contribution in [2.24, 2.45) is 0 Å². The summed E-state index contributed by atoms with van der Waals surface area (Å²) in [6.45, 7) is 3.55. The van der Waals surface area contributed by atoms with Crippen LogP contribution in [0.25, 0.3) is 0 Å². The Bertz CT molecular complexity index is 910. The van der Waals surface area contributed by atoms with Crippen LogP contribution >= 0.6 is 0 Å². The third kappa shape index (κ3) is 2.96. The number of hydrogen-bond acceptors (Lipinski definition) is 5. The van der Waals surface area contributed by atoms with Crippen LogP contribution < -0.4 is 4.74 Å². The van der Waals surface area contributed by atoms with Crippen LogP contribution in [0.4, 0.5) is 0 Å². The lowest BCUT2D eigenvalue weighted by molar-refractivity contribution is 0.0681. The molecule has 0 spiro atoms. The highest BCUT2D eigenvalue weighted by molar-refractivity contribution is 7.89. The average Bonchev–Trinajstić information content (AvgIpc) is 2.60. The number of hydrogen-bond donors (Lipinski definition) is 2. The maximum atomic E-state index is 13.1. The van der Waals surface area contributed by atoms with Crippen molar-refractivity contribution in [2.75, 3.05) is 7.11 Å². The van der Waals surface area contributed by atoms with Gasteiger partial charge < -0.3 is 14.9 Å². The molecule has 2 atom stereocenters. The first-order valence-corrected chi connectivity index (χ1v) is 9.88. The molecule has 1 aliphatic rings. The highest BCUT2D eigenvalue weighted by Gasteiger charge is 2.45. The van der Waals surface area contributed by atoms with Gasteiger partial charge in [-0.05, 0) is 38.0 Å². The van der Waals surface area contributed by atoms with Crippen molar-refractivity contribution in [3.63, 3.8) is 0 Å². The molecule has 1 heterocycles. The van der Waals surface area contributed by atoms with Gasteiger partial charge in [0.05, 0.1) is 24.2 Å². The lowest BCUT2D eigenvalue weighted by Gasteiger charge is -2.41. The van der Waals surface area contributed by atoms with E-state index in [9.17, 15) is 18.6 Å². The minimum absolute atomic E-state index is 0.0397. The molecule has 0 aliphatic carbocycles. The van der Waals surface area contributed by atoms with Crippen LogP contribution in [-0.2, 0) is 16.4 Å². The number of phenolic OH excluding ortho intramolecular Hbond substituents is 1. The van der Waals surface area contributed by atoms with E-state index in [0.717, 1.165) is 0 Å². The maximum Gasteiger partial charge on any atom is 0.244 e.